The van der Waals surface area contributed by atoms with Crippen molar-refractivity contribution in [2.24, 2.45) is 0 Å². The van der Waals surface area contributed by atoms with Crippen molar-refractivity contribution in [3.8, 4) is 28.0 Å². The molecule has 0 radical (unpaired) electrons. The van der Waals surface area contributed by atoms with Gasteiger partial charge in [-0.15, -0.1) is 0 Å². The average Bonchev–Trinajstić information content (AvgIpc) is 2.89. The van der Waals surface area contributed by atoms with Gasteiger partial charge in [0.05, 0.1) is 12.7 Å². The second-order valence-electron chi connectivity index (χ2n) is 7.87. The topological polar surface area (TPSA) is 9.23 Å². The fourth-order valence-electron chi connectivity index (χ4n) is 4.40. The van der Waals surface area contributed by atoms with Crippen LogP contribution in [0, 0.1) is 46.5 Å². The highest BCUT2D eigenvalue weighted by atomic mass is 19.2. The highest BCUT2D eigenvalue weighted by Crippen LogP contribution is 2.48. The van der Waals surface area contributed by atoms with E-state index in [1.807, 2.05) is 0 Å². The zero-order valence-corrected chi connectivity index (χ0v) is 18.1. The second-order valence-corrected chi connectivity index (χ2v) is 7.87. The highest BCUT2D eigenvalue weighted by molar-refractivity contribution is 6.21. The molecule has 0 amide bonds. The van der Waals surface area contributed by atoms with Crippen LogP contribution in [0.4, 0.5) is 35.1 Å². The van der Waals surface area contributed by atoms with Crippen LogP contribution < -0.4 is 4.74 Å². The minimum Gasteiger partial charge on any atom is -0.497 e. The Hall–Kier alpha value is -4.14. The van der Waals surface area contributed by atoms with Gasteiger partial charge in [0.2, 0.25) is 0 Å². The molecule has 5 aromatic rings. The maximum atomic E-state index is 15.4. The fourth-order valence-corrected chi connectivity index (χ4v) is 4.40. The molecular weight excluding hydrogens is 492 g/mol. The molecule has 0 aromatic heterocycles. The van der Waals surface area contributed by atoms with Crippen LogP contribution in [0.1, 0.15) is 0 Å². The number of hydrogen-bond acceptors (Lipinski definition) is 1. The quantitative estimate of drug-likeness (QED) is 0.104. The van der Waals surface area contributed by atoms with Crippen LogP contribution in [0.25, 0.3) is 43.8 Å². The molecule has 0 spiro atoms. The van der Waals surface area contributed by atoms with E-state index >= 15 is 8.78 Å². The predicted octanol–water partition coefficient (Wildman–Crippen LogP) is 8.45. The minimum absolute atomic E-state index is 0.0259. The summed E-state index contributed by atoms with van der Waals surface area (Å²) in [6.45, 7) is 0. The van der Waals surface area contributed by atoms with Crippen molar-refractivity contribution in [3.05, 3.63) is 101 Å². The van der Waals surface area contributed by atoms with E-state index in [9.17, 15) is 26.3 Å². The van der Waals surface area contributed by atoms with Gasteiger partial charge in [-0.3, -0.25) is 0 Å². The summed E-state index contributed by atoms with van der Waals surface area (Å²) >= 11 is 0. The van der Waals surface area contributed by atoms with Crippen LogP contribution in [0.5, 0.6) is 5.75 Å². The first-order valence-electron chi connectivity index (χ1n) is 10.4. The molecule has 0 atom stereocenters. The third kappa shape index (κ3) is 3.30. The lowest BCUT2D eigenvalue weighted by molar-refractivity contribution is 0.415. The Kier molecular flexibility index (Phi) is 5.58. The van der Waals surface area contributed by atoms with Gasteiger partial charge in [0, 0.05) is 28.0 Å². The molecular formula is C27H12F8O. The molecule has 5 aromatic carbocycles. The molecule has 0 N–H and O–H groups in total. The van der Waals surface area contributed by atoms with Gasteiger partial charge in [0.15, 0.2) is 46.5 Å². The van der Waals surface area contributed by atoms with Crippen LogP contribution in [0.3, 0.4) is 0 Å². The SMILES string of the molecule is COc1ccc(-c2c3ccccc3c(-c3c(F)c(F)cc(F)c3F)c3c(F)c(F)c(F)c(F)c23)cc1. The van der Waals surface area contributed by atoms with Crippen LogP contribution in [-0.2, 0) is 0 Å². The number of fused-ring (bicyclic) bond motifs is 2. The van der Waals surface area contributed by atoms with Crippen LogP contribution in [-0.4, -0.2) is 7.11 Å². The third-order valence-corrected chi connectivity index (χ3v) is 5.97. The van der Waals surface area contributed by atoms with Crippen LogP contribution in [0.2, 0.25) is 0 Å². The van der Waals surface area contributed by atoms with Crippen LogP contribution in [0.15, 0.2) is 54.6 Å². The van der Waals surface area contributed by atoms with Gasteiger partial charge in [-0.1, -0.05) is 36.4 Å². The lowest BCUT2D eigenvalue weighted by atomic mass is 9.85. The number of ether oxygens (including phenoxy) is 1. The highest BCUT2D eigenvalue weighted by Gasteiger charge is 2.31. The van der Waals surface area contributed by atoms with Crippen molar-refractivity contribution < 1.29 is 39.9 Å². The van der Waals surface area contributed by atoms with Crippen LogP contribution >= 0.6 is 0 Å². The van der Waals surface area contributed by atoms with Gasteiger partial charge < -0.3 is 4.74 Å². The molecule has 1 nitrogen and oxygen atoms in total. The summed E-state index contributed by atoms with van der Waals surface area (Å²) in [7, 11) is 1.39. The van der Waals surface area contributed by atoms with Crippen molar-refractivity contribution in [1.82, 2.24) is 0 Å². The molecule has 36 heavy (non-hydrogen) atoms. The molecule has 0 saturated heterocycles. The van der Waals surface area contributed by atoms with E-state index < -0.39 is 68.4 Å². The maximum Gasteiger partial charge on any atom is 0.198 e. The fraction of sp³-hybridized carbons (Fsp3) is 0.0370. The van der Waals surface area contributed by atoms with Gasteiger partial charge in [-0.05, 0) is 28.5 Å². The van der Waals surface area contributed by atoms with Gasteiger partial charge in [-0.2, -0.15) is 0 Å². The van der Waals surface area contributed by atoms with Gasteiger partial charge in [0.1, 0.15) is 5.75 Å². The molecule has 5 rings (SSSR count). The van der Waals surface area contributed by atoms with E-state index in [1.165, 1.54) is 55.6 Å². The Balaban J connectivity index is 2.12. The van der Waals surface area contributed by atoms with Crippen molar-refractivity contribution in [2.45, 2.75) is 0 Å². The number of benzene rings is 5. The van der Waals surface area contributed by atoms with E-state index in [1.54, 1.807) is 0 Å². The number of methoxy groups -OCH3 is 1. The predicted molar refractivity (Wildman–Crippen MR) is 119 cm³/mol. The molecule has 9 heteroatoms. The monoisotopic (exact) mass is 504 g/mol. The van der Waals surface area contributed by atoms with Crippen molar-refractivity contribution in [2.75, 3.05) is 7.11 Å². The first-order valence-corrected chi connectivity index (χ1v) is 10.4. The average molecular weight is 504 g/mol. The minimum atomic E-state index is -2.25. The Morgan fingerprint density at radius 2 is 0.972 bits per heavy atom. The molecule has 0 aliphatic carbocycles. The normalized spacial score (nSPS) is 11.5. The Labute approximate surface area is 198 Å². The first-order chi connectivity index (χ1) is 17.2. The molecule has 0 bridgehead atoms. The van der Waals surface area contributed by atoms with Gasteiger partial charge >= 0.3 is 0 Å². The summed E-state index contributed by atoms with van der Waals surface area (Å²) in [5, 5.41) is -2.12. The molecule has 0 aliphatic rings. The zero-order valence-electron chi connectivity index (χ0n) is 18.1. The van der Waals surface area contributed by atoms with Crippen molar-refractivity contribution >= 4 is 21.5 Å². The van der Waals surface area contributed by atoms with E-state index in [0.29, 0.717) is 5.75 Å². The van der Waals surface area contributed by atoms with Crippen molar-refractivity contribution in [1.29, 1.82) is 0 Å². The Bertz CT molecular complexity index is 1670. The third-order valence-electron chi connectivity index (χ3n) is 5.97. The molecule has 0 aliphatic heterocycles. The zero-order chi connectivity index (χ0) is 25.9. The van der Waals surface area contributed by atoms with Gasteiger partial charge in [-0.25, -0.2) is 35.1 Å². The number of rotatable bonds is 3. The smallest absolute Gasteiger partial charge is 0.198 e. The maximum absolute atomic E-state index is 15.4. The summed E-state index contributed by atoms with van der Waals surface area (Å²) in [4.78, 5) is 0. The Morgan fingerprint density at radius 3 is 1.47 bits per heavy atom. The summed E-state index contributed by atoms with van der Waals surface area (Å²) < 4.78 is 123. The van der Waals surface area contributed by atoms with E-state index in [4.69, 9.17) is 4.74 Å². The molecule has 0 unspecified atom stereocenters. The lowest BCUT2D eigenvalue weighted by Gasteiger charge is -2.20. The lowest BCUT2D eigenvalue weighted by Crippen LogP contribution is -2.05. The van der Waals surface area contributed by atoms with E-state index in [2.05, 4.69) is 0 Å². The summed E-state index contributed by atoms with van der Waals surface area (Å²) in [5.41, 5.74) is -2.21. The largest absolute Gasteiger partial charge is 0.497 e. The number of hydrogen-bond donors (Lipinski definition) is 0. The summed E-state index contributed by atoms with van der Waals surface area (Å²) in [6.07, 6.45) is 0. The number of halogens is 8. The Morgan fingerprint density at radius 1 is 0.500 bits per heavy atom. The second kappa shape index (κ2) is 8.51. The molecule has 0 fully saturated rings. The molecule has 0 heterocycles. The van der Waals surface area contributed by atoms with Crippen molar-refractivity contribution in [3.63, 3.8) is 0 Å². The van der Waals surface area contributed by atoms with E-state index in [0.717, 1.165) is 0 Å². The van der Waals surface area contributed by atoms with Gasteiger partial charge in [0.25, 0.3) is 0 Å². The summed E-state index contributed by atoms with van der Waals surface area (Å²) in [5.74, 6) is -15.3. The summed E-state index contributed by atoms with van der Waals surface area (Å²) in [6, 6.07) is 11.2. The molecule has 182 valence electrons. The first kappa shape index (κ1) is 23.6. The van der Waals surface area contributed by atoms with E-state index in [-0.39, 0.29) is 28.0 Å². The standard InChI is InChI=1S/C27H12F8O/c1-36-12-8-6-11(7-9-12)17-13-4-2-3-5-14(13)18(21-22(30)15(28)10-16(29)23(21)31)20-19(17)24(32)26(34)27(35)25(20)33/h2-10H,1H3. The molecule has 0 saturated carbocycles.